The van der Waals surface area contributed by atoms with E-state index in [1.165, 1.54) is 12.8 Å². The number of Topliss-reactive ketones (excluding diaryl/α,β-unsaturated/α-hetero) is 1. The van der Waals surface area contributed by atoms with E-state index in [1.807, 2.05) is 6.92 Å². The van der Waals surface area contributed by atoms with Crippen molar-refractivity contribution in [3.05, 3.63) is 0 Å². The van der Waals surface area contributed by atoms with Gasteiger partial charge in [-0.2, -0.15) is 0 Å². The number of hydrogen-bond acceptors (Lipinski definition) is 1. The van der Waals surface area contributed by atoms with Crippen LogP contribution in [0.25, 0.3) is 0 Å². The van der Waals surface area contributed by atoms with Crippen molar-refractivity contribution in [2.75, 3.05) is 0 Å². The fourth-order valence-electron chi connectivity index (χ4n) is 1.04. The summed E-state index contributed by atoms with van der Waals surface area (Å²) < 4.78 is 0. The number of carbonyl (C=O) groups excluding carboxylic acids is 1. The van der Waals surface area contributed by atoms with E-state index >= 15 is 0 Å². The Balaban J connectivity index is 3.31. The summed E-state index contributed by atoms with van der Waals surface area (Å²) in [6, 6.07) is 0. The predicted octanol–water partition coefficient (Wildman–Crippen LogP) is 3.04. The molecule has 0 amide bonds. The lowest BCUT2D eigenvalue weighted by molar-refractivity contribution is -0.120. The first kappa shape index (κ1) is 10.7. The van der Waals surface area contributed by atoms with Gasteiger partial charge in [-0.05, 0) is 19.3 Å². The number of carbonyl (C=O) groups is 1. The summed E-state index contributed by atoms with van der Waals surface area (Å²) in [6.45, 7) is 8.14. The van der Waals surface area contributed by atoms with Gasteiger partial charge in [0.25, 0.3) is 0 Å². The van der Waals surface area contributed by atoms with Crippen LogP contribution < -0.4 is 0 Å². The Hall–Kier alpha value is -0.330. The normalized spacial score (nSPS) is 13.5. The smallest absolute Gasteiger partial charge is 0.132 e. The molecule has 0 N–H and O–H groups in total. The molecule has 0 aromatic rings. The molecule has 1 atom stereocenters. The Bertz CT molecular complexity index is 116. The summed E-state index contributed by atoms with van der Waals surface area (Å²) in [6.07, 6.45) is 3.50. The highest BCUT2D eigenvalue weighted by Crippen LogP contribution is 2.12. The van der Waals surface area contributed by atoms with Crippen molar-refractivity contribution >= 4 is 5.78 Å². The molecule has 1 nitrogen and oxygen atoms in total. The number of ketones is 1. The molecule has 0 aliphatic carbocycles. The molecule has 0 aromatic heterocycles. The van der Waals surface area contributed by atoms with E-state index in [9.17, 15) is 4.79 Å². The average molecular weight is 156 g/mol. The molecule has 1 heteroatoms. The zero-order chi connectivity index (χ0) is 8.85. The molecule has 0 spiro atoms. The third-order valence-electron chi connectivity index (χ3n) is 2.11. The Kier molecular flexibility index (Phi) is 5.18. The molecule has 0 aromatic carbocycles. The van der Waals surface area contributed by atoms with E-state index in [4.69, 9.17) is 0 Å². The summed E-state index contributed by atoms with van der Waals surface area (Å²) in [4.78, 5) is 10.8. The highest BCUT2D eigenvalue weighted by atomic mass is 16.1. The third kappa shape index (κ3) is 6.08. The van der Waals surface area contributed by atoms with E-state index in [0.29, 0.717) is 5.78 Å². The molecule has 0 aliphatic rings. The van der Waals surface area contributed by atoms with Crippen molar-refractivity contribution in [2.24, 2.45) is 11.8 Å². The molecule has 0 aliphatic heterocycles. The maximum atomic E-state index is 10.8. The Morgan fingerprint density at radius 2 is 1.73 bits per heavy atom. The lowest BCUT2D eigenvalue weighted by atomic mass is 9.97. The highest BCUT2D eigenvalue weighted by Gasteiger charge is 2.06. The van der Waals surface area contributed by atoms with E-state index < -0.39 is 0 Å². The average Bonchev–Trinajstić information content (AvgIpc) is 1.86. The van der Waals surface area contributed by atoms with Gasteiger partial charge in [-0.1, -0.05) is 33.6 Å². The van der Waals surface area contributed by atoms with Crippen LogP contribution in [0.4, 0.5) is 0 Å². The summed E-state index contributed by atoms with van der Waals surface area (Å²) in [5, 5.41) is 0. The predicted molar refractivity (Wildman–Crippen MR) is 48.5 cm³/mol. The van der Waals surface area contributed by atoms with Crippen molar-refractivity contribution in [3.63, 3.8) is 0 Å². The molecule has 0 saturated heterocycles. The molecule has 0 rings (SSSR count). The summed E-state index contributed by atoms with van der Waals surface area (Å²) in [7, 11) is 0. The monoisotopic (exact) mass is 156 g/mol. The molecular formula is C10H20O. The van der Waals surface area contributed by atoms with Gasteiger partial charge in [0.2, 0.25) is 0 Å². The fourth-order valence-corrected chi connectivity index (χ4v) is 1.04. The molecular weight excluding hydrogens is 136 g/mol. The van der Waals surface area contributed by atoms with Crippen LogP contribution >= 0.6 is 0 Å². The van der Waals surface area contributed by atoms with Crippen molar-refractivity contribution in [3.8, 4) is 0 Å². The Labute approximate surface area is 70.2 Å². The van der Waals surface area contributed by atoms with Crippen molar-refractivity contribution in [1.82, 2.24) is 0 Å². The first-order valence-electron chi connectivity index (χ1n) is 4.54. The minimum Gasteiger partial charge on any atom is -0.300 e. The van der Waals surface area contributed by atoms with Crippen molar-refractivity contribution < 1.29 is 4.79 Å². The zero-order valence-electron chi connectivity index (χ0n) is 8.18. The largest absolute Gasteiger partial charge is 0.300 e. The van der Waals surface area contributed by atoms with Gasteiger partial charge in [0, 0.05) is 5.92 Å². The van der Waals surface area contributed by atoms with Crippen LogP contribution in [0.1, 0.15) is 47.0 Å². The summed E-state index contributed by atoms with van der Waals surface area (Å²) >= 11 is 0. The Morgan fingerprint density at radius 3 is 2.09 bits per heavy atom. The summed E-state index contributed by atoms with van der Waals surface area (Å²) in [5.74, 6) is 1.37. The van der Waals surface area contributed by atoms with E-state index in [2.05, 4.69) is 13.8 Å². The number of hydrogen-bond donors (Lipinski definition) is 0. The lowest BCUT2D eigenvalue weighted by Gasteiger charge is -2.08. The topological polar surface area (TPSA) is 17.1 Å². The van der Waals surface area contributed by atoms with Crippen LogP contribution in [0.15, 0.2) is 0 Å². The van der Waals surface area contributed by atoms with Crippen molar-refractivity contribution in [1.29, 1.82) is 0 Å². The second kappa shape index (κ2) is 5.34. The maximum absolute atomic E-state index is 10.8. The number of rotatable bonds is 5. The standard InChI is InChI=1S/C10H20O/c1-8(2)6-5-7-9(3)10(4)11/h8-9H,5-7H2,1-4H3/t9-/m0/s1. The van der Waals surface area contributed by atoms with Gasteiger partial charge in [0.1, 0.15) is 5.78 Å². The molecule has 0 unspecified atom stereocenters. The van der Waals surface area contributed by atoms with Gasteiger partial charge in [0.15, 0.2) is 0 Å². The molecule has 11 heavy (non-hydrogen) atoms. The Morgan fingerprint density at radius 1 is 1.18 bits per heavy atom. The van der Waals surface area contributed by atoms with Crippen molar-refractivity contribution in [2.45, 2.75) is 47.0 Å². The fraction of sp³-hybridized carbons (Fsp3) is 0.900. The van der Waals surface area contributed by atoms with Gasteiger partial charge in [-0.3, -0.25) is 4.79 Å². The SMILES string of the molecule is CC(=O)[C@@H](C)CCCC(C)C. The molecule has 0 fully saturated rings. The second-order valence-corrected chi connectivity index (χ2v) is 3.84. The quantitative estimate of drug-likeness (QED) is 0.598. The molecule has 0 heterocycles. The highest BCUT2D eigenvalue weighted by molar-refractivity contribution is 5.77. The van der Waals surface area contributed by atoms with Gasteiger partial charge < -0.3 is 0 Å². The molecule has 0 radical (unpaired) electrons. The maximum Gasteiger partial charge on any atom is 0.132 e. The van der Waals surface area contributed by atoms with Crippen LogP contribution in [0.3, 0.4) is 0 Å². The van der Waals surface area contributed by atoms with Gasteiger partial charge >= 0.3 is 0 Å². The van der Waals surface area contributed by atoms with Gasteiger partial charge in [-0.25, -0.2) is 0 Å². The van der Waals surface area contributed by atoms with E-state index in [0.717, 1.165) is 12.3 Å². The third-order valence-corrected chi connectivity index (χ3v) is 2.11. The van der Waals surface area contributed by atoms with Crippen LogP contribution in [0, 0.1) is 11.8 Å². The minimum absolute atomic E-state index is 0.272. The van der Waals surface area contributed by atoms with Crippen LogP contribution in [0.2, 0.25) is 0 Å². The second-order valence-electron chi connectivity index (χ2n) is 3.84. The van der Waals surface area contributed by atoms with Gasteiger partial charge in [-0.15, -0.1) is 0 Å². The van der Waals surface area contributed by atoms with Crippen LogP contribution in [-0.2, 0) is 4.79 Å². The summed E-state index contributed by atoms with van der Waals surface area (Å²) in [5.41, 5.74) is 0. The first-order valence-corrected chi connectivity index (χ1v) is 4.54. The lowest BCUT2D eigenvalue weighted by Crippen LogP contribution is -2.06. The molecule has 0 saturated carbocycles. The van der Waals surface area contributed by atoms with Gasteiger partial charge in [0.05, 0.1) is 0 Å². The minimum atomic E-state index is 0.272. The van der Waals surface area contributed by atoms with Crippen LogP contribution in [0.5, 0.6) is 0 Å². The first-order chi connectivity index (χ1) is 5.04. The van der Waals surface area contributed by atoms with E-state index in [-0.39, 0.29) is 5.92 Å². The zero-order valence-corrected chi connectivity index (χ0v) is 8.18. The molecule has 0 bridgehead atoms. The van der Waals surface area contributed by atoms with E-state index in [1.54, 1.807) is 6.92 Å². The van der Waals surface area contributed by atoms with Crippen LogP contribution in [-0.4, -0.2) is 5.78 Å². The molecule has 66 valence electrons.